The average Bonchev–Trinajstić information content (AvgIpc) is 2.87. The second-order valence-corrected chi connectivity index (χ2v) is 5.70. The van der Waals surface area contributed by atoms with Gasteiger partial charge in [0.1, 0.15) is 5.82 Å². The largest absolute Gasteiger partial charge is 0.390 e. The number of aliphatic hydroxyl groups excluding tert-OH is 1. The first-order valence-electron chi connectivity index (χ1n) is 5.54. The number of sulfonamides is 1. The van der Waals surface area contributed by atoms with Gasteiger partial charge in [0.2, 0.25) is 10.0 Å². The highest BCUT2D eigenvalue weighted by Gasteiger charge is 2.16. The summed E-state index contributed by atoms with van der Waals surface area (Å²) in [5.41, 5.74) is 0.662. The maximum absolute atomic E-state index is 13.4. The number of benzene rings is 1. The molecule has 1 aromatic heterocycles. The van der Waals surface area contributed by atoms with Crippen LogP contribution >= 0.6 is 0 Å². The van der Waals surface area contributed by atoms with Gasteiger partial charge in [0.15, 0.2) is 0 Å². The Bertz CT molecular complexity index is 667. The van der Waals surface area contributed by atoms with E-state index in [0.717, 1.165) is 0 Å². The number of rotatable bonds is 5. The third-order valence-corrected chi connectivity index (χ3v) is 3.99. The minimum absolute atomic E-state index is 0.00730. The number of halogens is 1. The van der Waals surface area contributed by atoms with Gasteiger partial charge < -0.3 is 10.1 Å². The summed E-state index contributed by atoms with van der Waals surface area (Å²) >= 11 is 0. The van der Waals surface area contributed by atoms with Gasteiger partial charge in [0.05, 0.1) is 11.5 Å². The van der Waals surface area contributed by atoms with Gasteiger partial charge in [-0.3, -0.25) is 0 Å². The van der Waals surface area contributed by atoms with Gasteiger partial charge in [-0.15, -0.1) is 0 Å². The van der Waals surface area contributed by atoms with Crippen LogP contribution in [0, 0.1) is 5.82 Å². The van der Waals surface area contributed by atoms with Crippen molar-refractivity contribution in [3.8, 4) is 0 Å². The second kappa shape index (κ2) is 5.52. The Labute approximate surface area is 110 Å². The Balaban J connectivity index is 2.12. The van der Waals surface area contributed by atoms with E-state index in [4.69, 9.17) is 5.11 Å². The summed E-state index contributed by atoms with van der Waals surface area (Å²) < 4.78 is 39.5. The van der Waals surface area contributed by atoms with Crippen LogP contribution in [0.1, 0.15) is 11.3 Å². The van der Waals surface area contributed by atoms with E-state index in [1.54, 1.807) is 6.07 Å². The fraction of sp³-hybridized carbons (Fsp3) is 0.167. The molecule has 19 heavy (non-hydrogen) atoms. The van der Waals surface area contributed by atoms with Crippen LogP contribution in [0.25, 0.3) is 0 Å². The molecule has 102 valence electrons. The quantitative estimate of drug-likeness (QED) is 0.769. The summed E-state index contributed by atoms with van der Waals surface area (Å²) in [6.07, 6.45) is 1.27. The molecule has 0 fully saturated rings. The molecule has 2 rings (SSSR count). The van der Waals surface area contributed by atoms with Crippen LogP contribution in [0.5, 0.6) is 0 Å². The van der Waals surface area contributed by atoms with E-state index < -0.39 is 15.8 Å². The summed E-state index contributed by atoms with van der Waals surface area (Å²) in [6.45, 7) is -0.405. The summed E-state index contributed by atoms with van der Waals surface area (Å²) in [7, 11) is -3.72. The first kappa shape index (κ1) is 13.7. The lowest BCUT2D eigenvalue weighted by atomic mass is 10.2. The third kappa shape index (κ3) is 3.19. The normalized spacial score (nSPS) is 11.7. The van der Waals surface area contributed by atoms with Gasteiger partial charge in [0, 0.05) is 24.0 Å². The van der Waals surface area contributed by atoms with E-state index in [0.29, 0.717) is 5.69 Å². The van der Waals surface area contributed by atoms with E-state index in [9.17, 15) is 12.8 Å². The van der Waals surface area contributed by atoms with Crippen molar-refractivity contribution >= 4 is 10.0 Å². The van der Waals surface area contributed by atoms with Crippen molar-refractivity contribution < 1.29 is 17.9 Å². The standard InChI is InChI=1S/C12H13FN2O3S/c13-12-4-2-1-3-9(12)6-15-19(17,18)11-5-10(8-16)14-7-11/h1-5,7,14-16H,6,8H2. The topological polar surface area (TPSA) is 82.2 Å². The summed E-state index contributed by atoms with van der Waals surface area (Å²) in [5.74, 6) is -0.463. The van der Waals surface area contributed by atoms with Crippen molar-refractivity contribution in [3.63, 3.8) is 0 Å². The van der Waals surface area contributed by atoms with Crippen molar-refractivity contribution in [1.29, 1.82) is 0 Å². The molecule has 0 aliphatic carbocycles. The number of nitrogens with one attached hydrogen (secondary N) is 2. The fourth-order valence-electron chi connectivity index (χ4n) is 1.56. The predicted molar refractivity (Wildman–Crippen MR) is 67.1 cm³/mol. The van der Waals surface area contributed by atoms with E-state index in [-0.39, 0.29) is 23.6 Å². The first-order valence-corrected chi connectivity index (χ1v) is 7.02. The van der Waals surface area contributed by atoms with E-state index in [1.807, 2.05) is 0 Å². The molecule has 0 radical (unpaired) electrons. The first-order chi connectivity index (χ1) is 9.03. The Kier molecular flexibility index (Phi) is 3.98. The number of aliphatic hydroxyl groups is 1. The van der Waals surface area contributed by atoms with Crippen molar-refractivity contribution in [2.45, 2.75) is 18.0 Å². The molecule has 0 aliphatic rings. The number of aromatic nitrogens is 1. The summed E-state index contributed by atoms with van der Waals surface area (Å²) in [5, 5.41) is 8.86. The zero-order valence-electron chi connectivity index (χ0n) is 9.93. The van der Waals surface area contributed by atoms with Crippen LogP contribution < -0.4 is 4.72 Å². The monoisotopic (exact) mass is 284 g/mol. The zero-order valence-corrected chi connectivity index (χ0v) is 10.7. The average molecular weight is 284 g/mol. The molecule has 0 atom stereocenters. The molecule has 0 spiro atoms. The molecule has 0 aliphatic heterocycles. The van der Waals surface area contributed by atoms with Gasteiger partial charge in [-0.05, 0) is 12.1 Å². The van der Waals surface area contributed by atoms with E-state index in [2.05, 4.69) is 9.71 Å². The van der Waals surface area contributed by atoms with Crippen LogP contribution in [0.3, 0.4) is 0 Å². The number of hydrogen-bond donors (Lipinski definition) is 3. The molecule has 7 heteroatoms. The molecule has 1 heterocycles. The van der Waals surface area contributed by atoms with Crippen molar-refractivity contribution in [3.05, 3.63) is 53.6 Å². The van der Waals surface area contributed by atoms with Crippen LogP contribution in [0.4, 0.5) is 4.39 Å². The third-order valence-electron chi connectivity index (χ3n) is 2.61. The van der Waals surface area contributed by atoms with E-state index in [1.165, 1.54) is 30.5 Å². The Morgan fingerprint density at radius 2 is 2.05 bits per heavy atom. The molecule has 1 aromatic carbocycles. The van der Waals surface area contributed by atoms with Gasteiger partial charge in [-0.25, -0.2) is 17.5 Å². The zero-order chi connectivity index (χ0) is 13.9. The second-order valence-electron chi connectivity index (χ2n) is 3.93. The fourth-order valence-corrected chi connectivity index (χ4v) is 2.59. The molecular weight excluding hydrogens is 271 g/mol. The molecular formula is C12H13FN2O3S. The SMILES string of the molecule is O=S(=O)(NCc1ccccc1F)c1c[nH]c(CO)c1. The minimum atomic E-state index is -3.72. The maximum Gasteiger partial charge on any atom is 0.242 e. The molecule has 5 nitrogen and oxygen atoms in total. The van der Waals surface area contributed by atoms with Crippen molar-refractivity contribution in [1.82, 2.24) is 9.71 Å². The smallest absolute Gasteiger partial charge is 0.242 e. The number of H-pyrrole nitrogens is 1. The highest BCUT2D eigenvalue weighted by atomic mass is 32.2. The Morgan fingerprint density at radius 1 is 1.32 bits per heavy atom. The molecule has 0 saturated carbocycles. The summed E-state index contributed by atoms with van der Waals surface area (Å²) in [4.78, 5) is 2.64. The molecule has 3 N–H and O–H groups in total. The lowest BCUT2D eigenvalue weighted by molar-refractivity contribution is 0.277. The number of aromatic amines is 1. The van der Waals surface area contributed by atoms with Crippen molar-refractivity contribution in [2.24, 2.45) is 0 Å². The van der Waals surface area contributed by atoms with Gasteiger partial charge in [0.25, 0.3) is 0 Å². The van der Waals surface area contributed by atoms with E-state index >= 15 is 0 Å². The lowest BCUT2D eigenvalue weighted by Gasteiger charge is -2.05. The predicted octanol–water partition coefficient (Wildman–Crippen LogP) is 1.12. The molecule has 0 bridgehead atoms. The maximum atomic E-state index is 13.4. The highest BCUT2D eigenvalue weighted by Crippen LogP contribution is 2.12. The number of hydrogen-bond acceptors (Lipinski definition) is 3. The highest BCUT2D eigenvalue weighted by molar-refractivity contribution is 7.89. The Hall–Kier alpha value is -1.70. The molecule has 0 amide bonds. The van der Waals surface area contributed by atoms with Gasteiger partial charge in [-0.1, -0.05) is 18.2 Å². The Morgan fingerprint density at radius 3 is 2.68 bits per heavy atom. The van der Waals surface area contributed by atoms with Crippen LogP contribution in [-0.2, 0) is 23.2 Å². The van der Waals surface area contributed by atoms with Crippen molar-refractivity contribution in [2.75, 3.05) is 0 Å². The lowest BCUT2D eigenvalue weighted by Crippen LogP contribution is -2.23. The van der Waals surface area contributed by atoms with Crippen LogP contribution in [0.2, 0.25) is 0 Å². The summed E-state index contributed by atoms with van der Waals surface area (Å²) in [6, 6.07) is 7.27. The van der Waals surface area contributed by atoms with Crippen LogP contribution in [0.15, 0.2) is 41.4 Å². The molecule has 0 saturated heterocycles. The molecule has 2 aromatic rings. The van der Waals surface area contributed by atoms with Crippen LogP contribution in [-0.4, -0.2) is 18.5 Å². The van der Waals surface area contributed by atoms with Gasteiger partial charge in [-0.2, -0.15) is 0 Å². The van der Waals surface area contributed by atoms with Gasteiger partial charge >= 0.3 is 0 Å². The molecule has 0 unspecified atom stereocenters. The minimum Gasteiger partial charge on any atom is -0.390 e.